The SMILES string of the molecule is CC1(C)CNc2cocc2O1. The topological polar surface area (TPSA) is 34.4 Å². The second-order valence-electron chi connectivity index (χ2n) is 3.37. The van der Waals surface area contributed by atoms with E-state index in [0.717, 1.165) is 18.0 Å². The first-order valence-corrected chi connectivity index (χ1v) is 3.66. The van der Waals surface area contributed by atoms with Crippen molar-refractivity contribution in [1.29, 1.82) is 0 Å². The van der Waals surface area contributed by atoms with Crippen LogP contribution in [0.4, 0.5) is 5.69 Å². The molecule has 0 amide bonds. The van der Waals surface area contributed by atoms with Gasteiger partial charge in [0.15, 0.2) is 5.75 Å². The molecule has 0 saturated carbocycles. The first-order chi connectivity index (χ1) is 5.17. The van der Waals surface area contributed by atoms with E-state index in [1.54, 1.807) is 12.5 Å². The van der Waals surface area contributed by atoms with Crippen molar-refractivity contribution in [3.8, 4) is 5.75 Å². The zero-order valence-corrected chi connectivity index (χ0v) is 6.68. The maximum Gasteiger partial charge on any atom is 0.181 e. The molecular formula is C8H11NO2. The van der Waals surface area contributed by atoms with E-state index >= 15 is 0 Å². The molecule has 1 N–H and O–H groups in total. The van der Waals surface area contributed by atoms with Crippen molar-refractivity contribution >= 4 is 5.69 Å². The molecule has 0 aromatic carbocycles. The van der Waals surface area contributed by atoms with Gasteiger partial charge in [0.25, 0.3) is 0 Å². The van der Waals surface area contributed by atoms with E-state index < -0.39 is 0 Å². The number of ether oxygens (including phenoxy) is 1. The zero-order chi connectivity index (χ0) is 7.90. The van der Waals surface area contributed by atoms with Crippen LogP contribution in [0.3, 0.4) is 0 Å². The molecule has 0 aliphatic carbocycles. The standard InChI is InChI=1S/C8H11NO2/c1-8(2)5-9-6-3-10-4-7(6)11-8/h3-4,9H,5H2,1-2H3. The highest BCUT2D eigenvalue weighted by Crippen LogP contribution is 2.33. The highest BCUT2D eigenvalue weighted by atomic mass is 16.5. The number of hydrogen-bond donors (Lipinski definition) is 1. The average Bonchev–Trinajstić information content (AvgIpc) is 2.31. The van der Waals surface area contributed by atoms with E-state index in [1.807, 2.05) is 13.8 Å². The lowest BCUT2D eigenvalue weighted by atomic mass is 10.1. The van der Waals surface area contributed by atoms with Gasteiger partial charge in [-0.3, -0.25) is 0 Å². The fourth-order valence-electron chi connectivity index (χ4n) is 1.14. The molecule has 0 bridgehead atoms. The van der Waals surface area contributed by atoms with Crippen LogP contribution >= 0.6 is 0 Å². The zero-order valence-electron chi connectivity index (χ0n) is 6.68. The number of furan rings is 1. The Balaban J connectivity index is 2.32. The third-order valence-corrected chi connectivity index (χ3v) is 1.72. The Bertz CT molecular complexity index is 265. The molecule has 0 fully saturated rings. The summed E-state index contributed by atoms with van der Waals surface area (Å²) in [5.74, 6) is 0.807. The minimum atomic E-state index is -0.128. The van der Waals surface area contributed by atoms with Gasteiger partial charge in [0.2, 0.25) is 0 Å². The van der Waals surface area contributed by atoms with E-state index in [4.69, 9.17) is 9.15 Å². The molecule has 0 spiro atoms. The Morgan fingerprint density at radius 3 is 3.09 bits per heavy atom. The van der Waals surface area contributed by atoms with Crippen LogP contribution in [-0.2, 0) is 0 Å². The molecule has 0 saturated heterocycles. The van der Waals surface area contributed by atoms with Crippen LogP contribution < -0.4 is 10.1 Å². The van der Waals surface area contributed by atoms with Gasteiger partial charge in [-0.05, 0) is 13.8 Å². The monoisotopic (exact) mass is 153 g/mol. The van der Waals surface area contributed by atoms with Crippen molar-refractivity contribution < 1.29 is 9.15 Å². The summed E-state index contributed by atoms with van der Waals surface area (Å²) in [7, 11) is 0. The van der Waals surface area contributed by atoms with Gasteiger partial charge < -0.3 is 14.5 Å². The van der Waals surface area contributed by atoms with Gasteiger partial charge in [-0.1, -0.05) is 0 Å². The summed E-state index contributed by atoms with van der Waals surface area (Å²) in [5, 5.41) is 3.21. The molecule has 0 unspecified atom stereocenters. The van der Waals surface area contributed by atoms with Crippen LogP contribution in [0.25, 0.3) is 0 Å². The molecule has 60 valence electrons. The lowest BCUT2D eigenvalue weighted by molar-refractivity contribution is 0.115. The normalized spacial score (nSPS) is 19.8. The predicted octanol–water partition coefficient (Wildman–Crippen LogP) is 1.86. The quantitative estimate of drug-likeness (QED) is 0.617. The lowest BCUT2D eigenvalue weighted by Gasteiger charge is -2.30. The smallest absolute Gasteiger partial charge is 0.181 e. The maximum absolute atomic E-state index is 5.60. The first kappa shape index (κ1) is 6.58. The van der Waals surface area contributed by atoms with Gasteiger partial charge >= 0.3 is 0 Å². The Kier molecular flexibility index (Phi) is 1.16. The minimum Gasteiger partial charge on any atom is -0.480 e. The van der Waals surface area contributed by atoms with Gasteiger partial charge in [-0.15, -0.1) is 0 Å². The highest BCUT2D eigenvalue weighted by Gasteiger charge is 2.27. The van der Waals surface area contributed by atoms with Gasteiger partial charge in [0.1, 0.15) is 23.8 Å². The van der Waals surface area contributed by atoms with E-state index in [-0.39, 0.29) is 5.60 Å². The van der Waals surface area contributed by atoms with Gasteiger partial charge in [0, 0.05) is 0 Å². The van der Waals surface area contributed by atoms with Crippen LogP contribution in [0, 0.1) is 0 Å². The molecule has 1 aromatic heterocycles. The van der Waals surface area contributed by atoms with E-state index in [2.05, 4.69) is 5.32 Å². The molecule has 2 heterocycles. The lowest BCUT2D eigenvalue weighted by Crippen LogP contribution is -2.39. The molecule has 1 aromatic rings. The van der Waals surface area contributed by atoms with Crippen molar-refractivity contribution in [3.63, 3.8) is 0 Å². The summed E-state index contributed by atoms with van der Waals surface area (Å²) in [6, 6.07) is 0. The molecule has 11 heavy (non-hydrogen) atoms. The molecule has 1 aliphatic heterocycles. The Morgan fingerprint density at radius 2 is 2.27 bits per heavy atom. The Morgan fingerprint density at radius 1 is 1.45 bits per heavy atom. The second-order valence-corrected chi connectivity index (χ2v) is 3.37. The molecular weight excluding hydrogens is 142 g/mol. The molecule has 0 radical (unpaired) electrons. The molecule has 3 heteroatoms. The summed E-state index contributed by atoms with van der Waals surface area (Å²) in [4.78, 5) is 0. The molecule has 0 atom stereocenters. The number of rotatable bonds is 0. The fourth-order valence-corrected chi connectivity index (χ4v) is 1.14. The third-order valence-electron chi connectivity index (χ3n) is 1.72. The average molecular weight is 153 g/mol. The van der Waals surface area contributed by atoms with E-state index in [9.17, 15) is 0 Å². The molecule has 3 nitrogen and oxygen atoms in total. The van der Waals surface area contributed by atoms with Gasteiger partial charge in [-0.2, -0.15) is 0 Å². The van der Waals surface area contributed by atoms with E-state index in [1.165, 1.54) is 0 Å². The van der Waals surface area contributed by atoms with Crippen molar-refractivity contribution in [2.24, 2.45) is 0 Å². The minimum absolute atomic E-state index is 0.128. The summed E-state index contributed by atoms with van der Waals surface area (Å²) in [6.07, 6.45) is 3.27. The van der Waals surface area contributed by atoms with Crippen LogP contribution in [-0.4, -0.2) is 12.1 Å². The summed E-state index contributed by atoms with van der Waals surface area (Å²) < 4.78 is 10.6. The van der Waals surface area contributed by atoms with Gasteiger partial charge in [0.05, 0.1) is 6.54 Å². The van der Waals surface area contributed by atoms with Crippen LogP contribution in [0.5, 0.6) is 5.75 Å². The van der Waals surface area contributed by atoms with Crippen molar-refractivity contribution in [1.82, 2.24) is 0 Å². The van der Waals surface area contributed by atoms with Gasteiger partial charge in [-0.25, -0.2) is 0 Å². The van der Waals surface area contributed by atoms with Crippen LogP contribution in [0.15, 0.2) is 16.9 Å². The highest BCUT2D eigenvalue weighted by molar-refractivity contribution is 5.55. The number of anilines is 1. The van der Waals surface area contributed by atoms with Crippen LogP contribution in [0.2, 0.25) is 0 Å². The summed E-state index contributed by atoms with van der Waals surface area (Å²) in [5.41, 5.74) is 0.820. The number of hydrogen-bond acceptors (Lipinski definition) is 3. The van der Waals surface area contributed by atoms with Crippen molar-refractivity contribution in [2.45, 2.75) is 19.4 Å². The third kappa shape index (κ3) is 1.06. The summed E-state index contributed by atoms with van der Waals surface area (Å²) >= 11 is 0. The number of fused-ring (bicyclic) bond motifs is 1. The van der Waals surface area contributed by atoms with Crippen molar-refractivity contribution in [3.05, 3.63) is 12.5 Å². The predicted molar refractivity (Wildman–Crippen MR) is 41.9 cm³/mol. The largest absolute Gasteiger partial charge is 0.480 e. The van der Waals surface area contributed by atoms with Crippen molar-refractivity contribution in [2.75, 3.05) is 11.9 Å². The molecule has 1 aliphatic rings. The molecule has 2 rings (SSSR count). The first-order valence-electron chi connectivity index (χ1n) is 3.66. The maximum atomic E-state index is 5.60. The van der Waals surface area contributed by atoms with Crippen LogP contribution in [0.1, 0.15) is 13.8 Å². The fraction of sp³-hybridized carbons (Fsp3) is 0.500. The Hall–Kier alpha value is -1.12. The number of nitrogens with one attached hydrogen (secondary N) is 1. The second kappa shape index (κ2) is 1.94. The summed E-state index contributed by atoms with van der Waals surface area (Å²) in [6.45, 7) is 4.89. The Labute approximate surface area is 65.3 Å². The van der Waals surface area contributed by atoms with E-state index in [0.29, 0.717) is 0 Å².